The second-order valence-electron chi connectivity index (χ2n) is 4.78. The summed E-state index contributed by atoms with van der Waals surface area (Å²) in [6.07, 6.45) is 0. The van der Waals surface area contributed by atoms with Crippen molar-refractivity contribution >= 4 is 34.2 Å². The Morgan fingerprint density at radius 3 is 2.90 bits per heavy atom. The number of anilines is 1. The van der Waals surface area contributed by atoms with E-state index >= 15 is 0 Å². The molecule has 3 aromatic rings. The first kappa shape index (κ1) is 13.6. The quantitative estimate of drug-likeness (QED) is 0.790. The van der Waals surface area contributed by atoms with Crippen LogP contribution >= 0.6 is 11.6 Å². The molecular weight excluding hydrogens is 288 g/mol. The van der Waals surface area contributed by atoms with E-state index in [1.54, 1.807) is 28.9 Å². The van der Waals surface area contributed by atoms with Gasteiger partial charge in [0.1, 0.15) is 5.52 Å². The molecule has 3 rings (SSSR count). The van der Waals surface area contributed by atoms with Crippen molar-refractivity contribution in [2.75, 3.05) is 5.32 Å². The Labute approximate surface area is 126 Å². The van der Waals surface area contributed by atoms with E-state index in [4.69, 9.17) is 11.6 Å². The van der Waals surface area contributed by atoms with Crippen molar-refractivity contribution in [1.82, 2.24) is 15.0 Å². The van der Waals surface area contributed by atoms with Gasteiger partial charge in [-0.25, -0.2) is 4.68 Å². The minimum Gasteiger partial charge on any atom is -0.322 e. The highest BCUT2D eigenvalue weighted by Gasteiger charge is 2.11. The summed E-state index contributed by atoms with van der Waals surface area (Å²) in [5.41, 5.74) is 3.64. The van der Waals surface area contributed by atoms with Crippen molar-refractivity contribution < 1.29 is 4.79 Å². The summed E-state index contributed by atoms with van der Waals surface area (Å²) in [4.78, 5) is 12.3. The lowest BCUT2D eigenvalue weighted by atomic mass is 10.1. The lowest BCUT2D eigenvalue weighted by molar-refractivity contribution is 0.102. The summed E-state index contributed by atoms with van der Waals surface area (Å²) in [5.74, 6) is -0.201. The van der Waals surface area contributed by atoms with Crippen LogP contribution < -0.4 is 5.32 Å². The predicted octanol–water partition coefficient (Wildman–Crippen LogP) is 3.18. The van der Waals surface area contributed by atoms with E-state index in [0.29, 0.717) is 21.8 Å². The zero-order chi connectivity index (χ0) is 15.0. The highest BCUT2D eigenvalue weighted by atomic mass is 35.5. The Balaban J connectivity index is 1.91. The second kappa shape index (κ2) is 5.18. The summed E-state index contributed by atoms with van der Waals surface area (Å²) in [7, 11) is 1.81. The molecule has 0 bridgehead atoms. The summed E-state index contributed by atoms with van der Waals surface area (Å²) in [6.45, 7) is 1.86. The Morgan fingerprint density at radius 2 is 2.10 bits per heavy atom. The van der Waals surface area contributed by atoms with Gasteiger partial charge >= 0.3 is 0 Å². The molecule has 5 nitrogen and oxygen atoms in total. The largest absolute Gasteiger partial charge is 0.322 e. The highest BCUT2D eigenvalue weighted by Crippen LogP contribution is 2.23. The number of aromatic nitrogens is 3. The van der Waals surface area contributed by atoms with Crippen LogP contribution in [0.2, 0.25) is 5.02 Å². The van der Waals surface area contributed by atoms with Gasteiger partial charge in [0, 0.05) is 23.3 Å². The van der Waals surface area contributed by atoms with E-state index in [-0.39, 0.29) is 5.91 Å². The number of carbonyl (C=O) groups is 1. The van der Waals surface area contributed by atoms with Crippen LogP contribution in [0, 0.1) is 6.92 Å². The lowest BCUT2D eigenvalue weighted by Gasteiger charge is -2.09. The van der Waals surface area contributed by atoms with Gasteiger partial charge in [0.05, 0.1) is 5.52 Å². The van der Waals surface area contributed by atoms with Gasteiger partial charge in [-0.1, -0.05) is 22.9 Å². The van der Waals surface area contributed by atoms with Crippen molar-refractivity contribution in [3.05, 3.63) is 52.5 Å². The molecule has 0 fully saturated rings. The maximum Gasteiger partial charge on any atom is 0.255 e. The molecule has 1 N–H and O–H groups in total. The zero-order valence-electron chi connectivity index (χ0n) is 11.6. The number of hydrogen-bond donors (Lipinski definition) is 1. The monoisotopic (exact) mass is 300 g/mol. The molecule has 0 atom stereocenters. The molecule has 21 heavy (non-hydrogen) atoms. The molecule has 0 unspecified atom stereocenters. The molecule has 6 heteroatoms. The van der Waals surface area contributed by atoms with Crippen LogP contribution in [0.25, 0.3) is 11.0 Å². The number of halogens is 1. The molecule has 1 aromatic heterocycles. The summed E-state index contributed by atoms with van der Waals surface area (Å²) < 4.78 is 1.66. The molecule has 0 aliphatic heterocycles. The van der Waals surface area contributed by atoms with Crippen LogP contribution in [0.4, 0.5) is 5.69 Å². The Bertz CT molecular complexity index is 841. The molecule has 0 saturated carbocycles. The fourth-order valence-electron chi connectivity index (χ4n) is 2.12. The standard InChI is InChI=1S/C15H13ClN4O/c1-9-11(16)4-3-5-12(9)17-15(21)10-6-7-14-13(8-10)18-19-20(14)2/h3-8H,1-2H3,(H,17,21). The maximum absolute atomic E-state index is 12.3. The fourth-order valence-corrected chi connectivity index (χ4v) is 2.29. The Morgan fingerprint density at radius 1 is 1.29 bits per heavy atom. The third-order valence-corrected chi connectivity index (χ3v) is 3.80. The second-order valence-corrected chi connectivity index (χ2v) is 5.19. The molecule has 0 spiro atoms. The molecule has 0 saturated heterocycles. The highest BCUT2D eigenvalue weighted by molar-refractivity contribution is 6.31. The van der Waals surface area contributed by atoms with Crippen molar-refractivity contribution in [3.63, 3.8) is 0 Å². The van der Waals surface area contributed by atoms with E-state index in [2.05, 4.69) is 15.6 Å². The van der Waals surface area contributed by atoms with Gasteiger partial charge in [-0.15, -0.1) is 5.10 Å². The molecule has 1 heterocycles. The van der Waals surface area contributed by atoms with Crippen LogP contribution in [0.5, 0.6) is 0 Å². The summed E-state index contributed by atoms with van der Waals surface area (Å²) >= 11 is 6.05. The Kier molecular flexibility index (Phi) is 3.35. The van der Waals surface area contributed by atoms with Gasteiger partial charge in [-0.2, -0.15) is 0 Å². The van der Waals surface area contributed by atoms with Crippen molar-refractivity contribution in [2.24, 2.45) is 7.05 Å². The van der Waals surface area contributed by atoms with E-state index in [0.717, 1.165) is 11.1 Å². The van der Waals surface area contributed by atoms with E-state index < -0.39 is 0 Å². The van der Waals surface area contributed by atoms with Crippen molar-refractivity contribution in [3.8, 4) is 0 Å². The molecular formula is C15H13ClN4O. The third-order valence-electron chi connectivity index (χ3n) is 3.39. The minimum atomic E-state index is -0.201. The molecule has 0 aliphatic carbocycles. The first-order chi connectivity index (χ1) is 10.1. The number of rotatable bonds is 2. The van der Waals surface area contributed by atoms with Gasteiger partial charge in [0.15, 0.2) is 0 Å². The zero-order valence-corrected chi connectivity index (χ0v) is 12.3. The van der Waals surface area contributed by atoms with E-state index in [1.165, 1.54) is 0 Å². The van der Waals surface area contributed by atoms with Crippen LogP contribution in [0.15, 0.2) is 36.4 Å². The topological polar surface area (TPSA) is 59.8 Å². The average Bonchev–Trinajstić information content (AvgIpc) is 2.85. The van der Waals surface area contributed by atoms with E-state index in [1.807, 2.05) is 26.1 Å². The molecule has 1 amide bonds. The predicted molar refractivity (Wildman–Crippen MR) is 82.7 cm³/mol. The normalized spacial score (nSPS) is 10.8. The summed E-state index contributed by atoms with van der Waals surface area (Å²) in [5, 5.41) is 11.4. The van der Waals surface area contributed by atoms with Gasteiger partial charge < -0.3 is 5.32 Å². The summed E-state index contributed by atoms with van der Waals surface area (Å²) in [6, 6.07) is 10.7. The van der Waals surface area contributed by atoms with Crippen molar-refractivity contribution in [1.29, 1.82) is 0 Å². The number of fused-ring (bicyclic) bond motifs is 1. The first-order valence-corrected chi connectivity index (χ1v) is 6.80. The van der Waals surface area contributed by atoms with Gasteiger partial charge in [0.2, 0.25) is 0 Å². The molecule has 2 aromatic carbocycles. The van der Waals surface area contributed by atoms with Crippen LogP contribution in [-0.2, 0) is 7.05 Å². The van der Waals surface area contributed by atoms with Gasteiger partial charge in [-0.05, 0) is 42.8 Å². The van der Waals surface area contributed by atoms with E-state index in [9.17, 15) is 4.79 Å². The number of benzene rings is 2. The molecule has 0 aliphatic rings. The van der Waals surface area contributed by atoms with Crippen LogP contribution in [0.1, 0.15) is 15.9 Å². The molecule has 106 valence electrons. The number of nitrogens with zero attached hydrogens (tertiary/aromatic N) is 3. The average molecular weight is 301 g/mol. The number of nitrogens with one attached hydrogen (secondary N) is 1. The number of carbonyl (C=O) groups excluding carboxylic acids is 1. The Hall–Kier alpha value is -2.40. The van der Waals surface area contributed by atoms with Crippen molar-refractivity contribution in [2.45, 2.75) is 6.92 Å². The fraction of sp³-hybridized carbons (Fsp3) is 0.133. The SMILES string of the molecule is Cc1c(Cl)cccc1NC(=O)c1ccc2c(c1)nnn2C. The maximum atomic E-state index is 12.3. The first-order valence-electron chi connectivity index (χ1n) is 6.42. The lowest BCUT2D eigenvalue weighted by Crippen LogP contribution is -2.12. The third kappa shape index (κ3) is 2.48. The number of amides is 1. The number of aryl methyl sites for hydroxylation is 1. The minimum absolute atomic E-state index is 0.201. The number of hydrogen-bond acceptors (Lipinski definition) is 3. The van der Waals surface area contributed by atoms with Crippen LogP contribution in [0.3, 0.4) is 0 Å². The van der Waals surface area contributed by atoms with Gasteiger partial charge in [-0.3, -0.25) is 4.79 Å². The van der Waals surface area contributed by atoms with Gasteiger partial charge in [0.25, 0.3) is 5.91 Å². The van der Waals surface area contributed by atoms with Crippen LogP contribution in [-0.4, -0.2) is 20.9 Å². The molecule has 0 radical (unpaired) electrons. The smallest absolute Gasteiger partial charge is 0.255 e.